The highest BCUT2D eigenvalue weighted by atomic mass is 32.1. The fourth-order valence-corrected chi connectivity index (χ4v) is 8.74. The quantitative estimate of drug-likeness (QED) is 0.187. The minimum atomic E-state index is 0.569. The van der Waals surface area contributed by atoms with Crippen LogP contribution >= 0.6 is 11.3 Å². The van der Waals surface area contributed by atoms with E-state index < -0.39 is 0 Å². The molecule has 11 aromatic rings. The van der Waals surface area contributed by atoms with Gasteiger partial charge in [-0.05, 0) is 48.5 Å². The van der Waals surface area contributed by atoms with E-state index in [9.17, 15) is 0 Å². The molecular weight excluding hydrogens is 645 g/mol. The SMILES string of the molecule is c1ccc(-n2c3ccccc3c3c(-c4nc(-c5ccc6c(c5)sc5ccccc56)nc(-c5cccc6c5oc5ccccc56)n4)cccc32)cc1. The monoisotopic (exact) mass is 670 g/mol. The van der Waals surface area contributed by atoms with Crippen LogP contribution in [0.25, 0.3) is 104 Å². The number of fused-ring (bicyclic) bond motifs is 9. The Bertz CT molecular complexity index is 3150. The van der Waals surface area contributed by atoms with Gasteiger partial charge in [-0.3, -0.25) is 0 Å². The summed E-state index contributed by atoms with van der Waals surface area (Å²) in [6.45, 7) is 0. The van der Waals surface area contributed by atoms with Crippen LogP contribution in [0.15, 0.2) is 162 Å². The van der Waals surface area contributed by atoms with E-state index in [4.69, 9.17) is 19.4 Å². The molecule has 5 nitrogen and oxygen atoms in total. The van der Waals surface area contributed by atoms with Gasteiger partial charge in [0.25, 0.3) is 0 Å². The van der Waals surface area contributed by atoms with E-state index in [0.29, 0.717) is 17.5 Å². The van der Waals surface area contributed by atoms with Gasteiger partial charge < -0.3 is 8.98 Å². The standard InChI is InChI=1S/C45H26N4OS/c1-2-12-28(13-3-1)49-36-20-7-4-16-33(36)41-34(18-11-21-37(41)49)44-46-43(27-24-25-31-30-15-6-9-23-39(30)51-40(31)26-27)47-45(48-44)35-19-10-17-32-29-14-5-8-22-38(29)50-42(32)35/h1-26H. The number of para-hydroxylation sites is 4. The third-order valence-electron chi connectivity index (χ3n) is 9.87. The second-order valence-corrected chi connectivity index (χ2v) is 13.9. The number of hydrogen-bond donors (Lipinski definition) is 0. The van der Waals surface area contributed by atoms with E-state index in [1.54, 1.807) is 11.3 Å². The normalized spacial score (nSPS) is 11.9. The Morgan fingerprint density at radius 1 is 0.451 bits per heavy atom. The van der Waals surface area contributed by atoms with Crippen LogP contribution < -0.4 is 0 Å². The van der Waals surface area contributed by atoms with Gasteiger partial charge in [0, 0.05) is 58.5 Å². The second kappa shape index (κ2) is 10.9. The predicted molar refractivity (Wildman–Crippen MR) is 211 cm³/mol. The van der Waals surface area contributed by atoms with Gasteiger partial charge in [0.05, 0.1) is 16.6 Å². The molecular formula is C45H26N4OS. The predicted octanol–water partition coefficient (Wildman–Crippen LogP) is 12.2. The first kappa shape index (κ1) is 28.2. The van der Waals surface area contributed by atoms with Crippen molar-refractivity contribution in [2.45, 2.75) is 0 Å². The van der Waals surface area contributed by atoms with Crippen molar-refractivity contribution in [1.29, 1.82) is 0 Å². The van der Waals surface area contributed by atoms with Crippen molar-refractivity contribution in [1.82, 2.24) is 19.5 Å². The maximum atomic E-state index is 6.50. The first-order valence-electron chi connectivity index (χ1n) is 16.9. The van der Waals surface area contributed by atoms with Crippen LogP contribution in [0.2, 0.25) is 0 Å². The fraction of sp³-hybridized carbons (Fsp3) is 0. The van der Waals surface area contributed by atoms with E-state index >= 15 is 0 Å². The first-order chi connectivity index (χ1) is 25.3. The molecule has 11 rings (SSSR count). The molecule has 0 aliphatic carbocycles. The Morgan fingerprint density at radius 2 is 1.10 bits per heavy atom. The lowest BCUT2D eigenvalue weighted by molar-refractivity contribution is 0.669. The Kier molecular flexibility index (Phi) is 6.05. The van der Waals surface area contributed by atoms with Crippen LogP contribution in [-0.2, 0) is 0 Å². The highest BCUT2D eigenvalue weighted by Gasteiger charge is 2.21. The number of furan rings is 1. The molecule has 0 spiro atoms. The van der Waals surface area contributed by atoms with Crippen molar-refractivity contribution in [3.05, 3.63) is 158 Å². The summed E-state index contributed by atoms with van der Waals surface area (Å²) in [5.41, 5.74) is 7.64. The largest absolute Gasteiger partial charge is 0.455 e. The number of aromatic nitrogens is 4. The molecule has 0 saturated heterocycles. The smallest absolute Gasteiger partial charge is 0.167 e. The highest BCUT2D eigenvalue weighted by molar-refractivity contribution is 7.25. The topological polar surface area (TPSA) is 56.7 Å². The molecule has 0 saturated carbocycles. The van der Waals surface area contributed by atoms with Crippen molar-refractivity contribution >= 4 is 75.3 Å². The molecule has 0 atom stereocenters. The summed E-state index contributed by atoms with van der Waals surface area (Å²) in [4.78, 5) is 15.7. The summed E-state index contributed by atoms with van der Waals surface area (Å²) in [5, 5.41) is 6.84. The Hall–Kier alpha value is -6.63. The van der Waals surface area contributed by atoms with Crippen LogP contribution in [0.5, 0.6) is 0 Å². The summed E-state index contributed by atoms with van der Waals surface area (Å²) in [6, 6.07) is 54.9. The minimum Gasteiger partial charge on any atom is -0.455 e. The number of hydrogen-bond acceptors (Lipinski definition) is 5. The van der Waals surface area contributed by atoms with E-state index in [2.05, 4.69) is 138 Å². The zero-order valence-electron chi connectivity index (χ0n) is 27.1. The zero-order valence-corrected chi connectivity index (χ0v) is 27.9. The van der Waals surface area contributed by atoms with E-state index in [1.165, 1.54) is 20.2 Å². The molecule has 51 heavy (non-hydrogen) atoms. The van der Waals surface area contributed by atoms with Gasteiger partial charge in [-0.1, -0.05) is 109 Å². The average Bonchev–Trinajstić information content (AvgIpc) is 3.87. The van der Waals surface area contributed by atoms with Crippen molar-refractivity contribution < 1.29 is 4.42 Å². The number of thiophene rings is 1. The summed E-state index contributed by atoms with van der Waals surface area (Å²) >= 11 is 1.79. The Morgan fingerprint density at radius 3 is 2.00 bits per heavy atom. The lowest BCUT2D eigenvalue weighted by Crippen LogP contribution is -2.01. The molecule has 6 heteroatoms. The van der Waals surface area contributed by atoms with Crippen molar-refractivity contribution in [2.24, 2.45) is 0 Å². The molecule has 7 aromatic carbocycles. The molecule has 0 radical (unpaired) electrons. The third-order valence-corrected chi connectivity index (χ3v) is 11.0. The first-order valence-corrected chi connectivity index (χ1v) is 17.8. The fourth-order valence-electron chi connectivity index (χ4n) is 7.60. The van der Waals surface area contributed by atoms with Gasteiger partial charge >= 0.3 is 0 Å². The zero-order chi connectivity index (χ0) is 33.5. The molecule has 0 unspecified atom stereocenters. The number of rotatable bonds is 4. The van der Waals surface area contributed by atoms with Gasteiger partial charge in [0.2, 0.25) is 0 Å². The molecule has 0 bridgehead atoms. The average molecular weight is 671 g/mol. The van der Waals surface area contributed by atoms with Gasteiger partial charge in [-0.15, -0.1) is 11.3 Å². The van der Waals surface area contributed by atoms with Crippen LogP contribution in [-0.4, -0.2) is 19.5 Å². The maximum absolute atomic E-state index is 6.50. The third kappa shape index (κ3) is 4.30. The Labute approximate surface area is 295 Å². The van der Waals surface area contributed by atoms with Crippen LogP contribution in [0.4, 0.5) is 0 Å². The summed E-state index contributed by atoms with van der Waals surface area (Å²) < 4.78 is 11.3. The second-order valence-electron chi connectivity index (χ2n) is 12.8. The van der Waals surface area contributed by atoms with E-state index in [0.717, 1.165) is 66.1 Å². The van der Waals surface area contributed by atoms with Crippen molar-refractivity contribution in [3.8, 4) is 39.9 Å². The molecule has 0 amide bonds. The lowest BCUT2D eigenvalue weighted by atomic mass is 10.0. The molecule has 238 valence electrons. The van der Waals surface area contributed by atoms with Gasteiger partial charge in [0.15, 0.2) is 17.5 Å². The van der Waals surface area contributed by atoms with Crippen molar-refractivity contribution in [2.75, 3.05) is 0 Å². The van der Waals surface area contributed by atoms with Crippen LogP contribution in [0, 0.1) is 0 Å². The molecule has 4 heterocycles. The van der Waals surface area contributed by atoms with Crippen LogP contribution in [0.3, 0.4) is 0 Å². The molecule has 0 N–H and O–H groups in total. The van der Waals surface area contributed by atoms with Gasteiger partial charge in [0.1, 0.15) is 11.2 Å². The summed E-state index contributed by atoms with van der Waals surface area (Å²) in [5.74, 6) is 1.80. The Balaban J connectivity index is 1.21. The van der Waals surface area contributed by atoms with Crippen LogP contribution in [0.1, 0.15) is 0 Å². The van der Waals surface area contributed by atoms with E-state index in [1.807, 2.05) is 24.3 Å². The van der Waals surface area contributed by atoms with Gasteiger partial charge in [-0.2, -0.15) is 0 Å². The number of nitrogens with zero attached hydrogens (tertiary/aromatic N) is 4. The highest BCUT2D eigenvalue weighted by Crippen LogP contribution is 2.41. The summed E-state index contributed by atoms with van der Waals surface area (Å²) in [7, 11) is 0. The lowest BCUT2D eigenvalue weighted by Gasteiger charge is -2.11. The van der Waals surface area contributed by atoms with E-state index in [-0.39, 0.29) is 0 Å². The molecule has 0 aliphatic rings. The molecule has 0 fully saturated rings. The molecule has 4 aromatic heterocycles. The van der Waals surface area contributed by atoms with Gasteiger partial charge in [-0.25, -0.2) is 15.0 Å². The minimum absolute atomic E-state index is 0.569. The van der Waals surface area contributed by atoms with Crippen molar-refractivity contribution in [3.63, 3.8) is 0 Å². The maximum Gasteiger partial charge on any atom is 0.167 e. The summed E-state index contributed by atoms with van der Waals surface area (Å²) in [6.07, 6.45) is 0. The molecule has 0 aliphatic heterocycles. The number of benzene rings is 7.